The van der Waals surface area contributed by atoms with Gasteiger partial charge in [-0.05, 0) is 139 Å². The van der Waals surface area contributed by atoms with Gasteiger partial charge in [0.25, 0.3) is 0 Å². The molecule has 0 unspecified atom stereocenters. The van der Waals surface area contributed by atoms with Crippen molar-refractivity contribution in [1.29, 1.82) is 0 Å². The lowest BCUT2D eigenvalue weighted by Gasteiger charge is -2.41. The van der Waals surface area contributed by atoms with Crippen molar-refractivity contribution in [3.05, 3.63) is 47.5 Å². The van der Waals surface area contributed by atoms with Gasteiger partial charge < -0.3 is 33.3 Å². The van der Waals surface area contributed by atoms with Gasteiger partial charge in [-0.1, -0.05) is 12.8 Å². The fourth-order valence-corrected chi connectivity index (χ4v) is 24.7. The molecule has 0 bridgehead atoms. The molecule has 2 aromatic rings. The van der Waals surface area contributed by atoms with E-state index in [1.165, 1.54) is 0 Å². The van der Waals surface area contributed by atoms with Crippen LogP contribution in [0.1, 0.15) is 36.8 Å². The Morgan fingerprint density at radius 2 is 0.902 bits per heavy atom. The average molecular weight is 637 g/mol. The van der Waals surface area contributed by atoms with Crippen LogP contribution in [-0.2, 0) is 12.3 Å². The van der Waals surface area contributed by atoms with Crippen molar-refractivity contribution in [2.45, 2.75) is 104 Å². The Hall–Kier alpha value is -1.61. The zero-order valence-electron chi connectivity index (χ0n) is 27.3. The van der Waals surface area contributed by atoms with Gasteiger partial charge >= 0.3 is 17.1 Å². The summed E-state index contributed by atoms with van der Waals surface area (Å²) < 4.78 is 32.2. The molecule has 4 N–H and O–H groups in total. The molecule has 0 aromatic heterocycles. The number of hydrogen-bond donors (Lipinski definition) is 2. The summed E-state index contributed by atoms with van der Waals surface area (Å²) in [5.74, 6) is 1.76. The Morgan fingerprint density at radius 1 is 0.537 bits per heavy atom. The van der Waals surface area contributed by atoms with Gasteiger partial charge in [-0.2, -0.15) is 0 Å². The summed E-state index contributed by atoms with van der Waals surface area (Å²) in [5.41, 5.74) is 15.5. The second kappa shape index (κ2) is 15.2. The van der Waals surface area contributed by atoms with E-state index in [0.29, 0.717) is 13.2 Å². The monoisotopic (exact) mass is 636 g/mol. The number of hydrogen-bond acceptors (Lipinski definition) is 7. The van der Waals surface area contributed by atoms with E-state index in [9.17, 15) is 0 Å². The molecule has 11 heteroatoms. The quantitative estimate of drug-likeness (QED) is 0.0964. The predicted octanol–water partition coefficient (Wildman–Crippen LogP) is 8.35. The lowest BCUT2D eigenvalue weighted by atomic mass is 10.2. The van der Waals surface area contributed by atoms with Crippen LogP contribution >= 0.6 is 0 Å². The summed E-state index contributed by atoms with van der Waals surface area (Å²) in [4.78, 5) is 0. The summed E-state index contributed by atoms with van der Waals surface area (Å²) >= 11 is 0. The largest absolute Gasteiger partial charge is 0.494 e. The van der Waals surface area contributed by atoms with E-state index < -0.39 is 33.8 Å². The number of ether oxygens (including phenoxy) is 2. The van der Waals surface area contributed by atoms with Crippen molar-refractivity contribution in [1.82, 2.24) is 0 Å². The maximum Gasteiger partial charge on any atom is 0.312 e. The molecule has 0 aliphatic rings. The molecule has 0 saturated heterocycles. The minimum atomic E-state index is -2.35. The number of benzene rings is 2. The number of anilines is 2. The minimum absolute atomic E-state index is 0.700. The molecule has 2 aromatic carbocycles. The van der Waals surface area contributed by atoms with E-state index in [1.54, 1.807) is 0 Å². The third-order valence-electron chi connectivity index (χ3n) is 6.90. The van der Waals surface area contributed by atoms with Crippen LogP contribution in [0, 0.1) is 13.8 Å². The Labute approximate surface area is 254 Å². The summed E-state index contributed by atoms with van der Waals surface area (Å²) in [6.07, 6.45) is 4.16. The molecule has 232 valence electrons. The Kier molecular flexibility index (Phi) is 13.2. The average Bonchev–Trinajstić information content (AvgIpc) is 2.80. The van der Waals surface area contributed by atoms with Gasteiger partial charge in [-0.3, -0.25) is 0 Å². The SMILES string of the molecule is Cc1cc(OCCCC[Si](C)(C)O[Si](C)(C)O[Si](C)(C)O[Si](C)(C)CCCCOc2ccc(N)c(C)c2)ccc1N. The molecule has 41 heavy (non-hydrogen) atoms. The molecule has 7 nitrogen and oxygen atoms in total. The molecule has 0 atom stereocenters. The zero-order valence-corrected chi connectivity index (χ0v) is 31.3. The second-order valence-corrected chi connectivity index (χ2v) is 29.4. The lowest BCUT2D eigenvalue weighted by Crippen LogP contribution is -2.56. The first kappa shape index (κ1) is 35.6. The number of nitrogens with two attached hydrogens (primary N) is 2. The summed E-state index contributed by atoms with van der Waals surface area (Å²) in [6, 6.07) is 13.8. The van der Waals surface area contributed by atoms with Crippen molar-refractivity contribution in [3.63, 3.8) is 0 Å². The Balaban J connectivity index is 1.72. The highest BCUT2D eigenvalue weighted by Gasteiger charge is 2.43. The molecule has 0 aliphatic heterocycles. The van der Waals surface area contributed by atoms with Gasteiger partial charge in [0.2, 0.25) is 0 Å². The van der Waals surface area contributed by atoms with Gasteiger partial charge in [0.05, 0.1) is 13.2 Å². The Morgan fingerprint density at radius 3 is 1.24 bits per heavy atom. The fourth-order valence-electron chi connectivity index (χ4n) is 5.23. The molecule has 0 spiro atoms. The highest BCUT2D eigenvalue weighted by molar-refractivity contribution is 6.89. The summed E-state index contributed by atoms with van der Waals surface area (Å²) in [5, 5.41) is 0. The summed E-state index contributed by atoms with van der Waals surface area (Å²) in [6.45, 7) is 23.3. The minimum Gasteiger partial charge on any atom is -0.494 e. The van der Waals surface area contributed by atoms with Crippen molar-refractivity contribution in [2.75, 3.05) is 24.7 Å². The number of rotatable bonds is 18. The second-order valence-electron chi connectivity index (χ2n) is 13.3. The van der Waals surface area contributed by atoms with E-state index in [4.69, 9.17) is 33.3 Å². The van der Waals surface area contributed by atoms with Crippen LogP contribution in [0.2, 0.25) is 64.5 Å². The van der Waals surface area contributed by atoms with Crippen molar-refractivity contribution in [2.24, 2.45) is 0 Å². The first-order valence-corrected chi connectivity index (χ1v) is 26.8. The smallest absolute Gasteiger partial charge is 0.312 e. The van der Waals surface area contributed by atoms with Crippen LogP contribution in [0.5, 0.6) is 11.5 Å². The molecule has 0 aliphatic carbocycles. The molecule has 0 fully saturated rings. The predicted molar refractivity (Wildman–Crippen MR) is 183 cm³/mol. The van der Waals surface area contributed by atoms with E-state index in [2.05, 4.69) is 52.4 Å². The molecule has 0 radical (unpaired) electrons. The first-order valence-electron chi connectivity index (χ1n) is 15.0. The third kappa shape index (κ3) is 13.9. The van der Waals surface area contributed by atoms with Crippen LogP contribution < -0.4 is 20.9 Å². The van der Waals surface area contributed by atoms with Crippen molar-refractivity contribution < 1.29 is 21.8 Å². The highest BCUT2D eigenvalue weighted by Crippen LogP contribution is 2.28. The van der Waals surface area contributed by atoms with Crippen LogP contribution in [-0.4, -0.2) is 47.0 Å². The van der Waals surface area contributed by atoms with Crippen LogP contribution in [0.25, 0.3) is 0 Å². The Bertz CT molecular complexity index is 1030. The number of aryl methyl sites for hydroxylation is 2. The summed E-state index contributed by atoms with van der Waals surface area (Å²) in [7, 11) is -8.47. The molecule has 2 rings (SSSR count). The molecular weight excluding hydrogens is 581 g/mol. The van der Waals surface area contributed by atoms with Crippen LogP contribution in [0.4, 0.5) is 11.4 Å². The zero-order chi connectivity index (χ0) is 30.9. The standard InChI is InChI=1S/C30H56N2O5Si4/c1-25-23-27(15-17-29(25)31)33-19-11-13-21-38(3,4)35-40(7,8)37-41(9,10)36-39(5,6)22-14-12-20-34-28-16-18-30(32)26(2)24-28/h15-18,23-24H,11-14,19-22,31-32H2,1-10H3. The van der Waals surface area contributed by atoms with Gasteiger partial charge in [0.1, 0.15) is 11.5 Å². The highest BCUT2D eigenvalue weighted by atomic mass is 28.5. The topological polar surface area (TPSA) is 98.2 Å². The molecule has 0 amide bonds. The lowest BCUT2D eigenvalue weighted by molar-refractivity contribution is 0.305. The number of unbranched alkanes of at least 4 members (excludes halogenated alkanes) is 2. The number of nitrogen functional groups attached to an aromatic ring is 2. The van der Waals surface area contributed by atoms with E-state index in [1.807, 2.05) is 50.2 Å². The normalized spacial score (nSPS) is 12.9. The maximum absolute atomic E-state index is 6.79. The van der Waals surface area contributed by atoms with Crippen molar-refractivity contribution in [3.8, 4) is 11.5 Å². The van der Waals surface area contributed by atoms with Crippen LogP contribution in [0.15, 0.2) is 36.4 Å². The van der Waals surface area contributed by atoms with Gasteiger partial charge in [-0.25, -0.2) is 0 Å². The van der Waals surface area contributed by atoms with Gasteiger partial charge in [0.15, 0.2) is 16.6 Å². The molecular formula is C30H56N2O5Si4. The van der Waals surface area contributed by atoms with E-state index in [0.717, 1.165) is 71.8 Å². The van der Waals surface area contributed by atoms with Crippen LogP contribution in [0.3, 0.4) is 0 Å². The molecule has 0 heterocycles. The first-order chi connectivity index (χ1) is 18.9. The fraction of sp³-hybridized carbons (Fsp3) is 0.600. The third-order valence-corrected chi connectivity index (χ3v) is 22.3. The molecule has 0 saturated carbocycles. The van der Waals surface area contributed by atoms with Crippen molar-refractivity contribution >= 4 is 45.1 Å². The van der Waals surface area contributed by atoms with Gasteiger partial charge in [0, 0.05) is 11.4 Å². The van der Waals surface area contributed by atoms with E-state index >= 15 is 0 Å². The van der Waals surface area contributed by atoms with E-state index in [-0.39, 0.29) is 0 Å². The van der Waals surface area contributed by atoms with Gasteiger partial charge in [-0.15, -0.1) is 0 Å². The maximum atomic E-state index is 6.79.